The normalized spacial score (nSPS) is 15.9. The molecule has 51 heavy (non-hydrogen) atoms. The van der Waals surface area contributed by atoms with Gasteiger partial charge in [-0.2, -0.15) is 18.4 Å². The summed E-state index contributed by atoms with van der Waals surface area (Å²) in [5.41, 5.74) is 2.85. The van der Waals surface area contributed by atoms with Crippen LogP contribution in [0.3, 0.4) is 0 Å². The molecule has 2 bridgehead atoms. The van der Waals surface area contributed by atoms with E-state index in [4.69, 9.17) is 33.1 Å². The number of pyridine rings is 1. The summed E-state index contributed by atoms with van der Waals surface area (Å²) in [4.78, 5) is 44.7. The lowest BCUT2D eigenvalue weighted by Crippen LogP contribution is -2.27. The van der Waals surface area contributed by atoms with E-state index >= 15 is 4.39 Å². The van der Waals surface area contributed by atoms with E-state index in [1.807, 2.05) is 13.0 Å². The van der Waals surface area contributed by atoms with Crippen molar-refractivity contribution in [3.8, 4) is 34.1 Å². The van der Waals surface area contributed by atoms with Gasteiger partial charge in [-0.25, -0.2) is 18.9 Å². The highest BCUT2D eigenvalue weighted by molar-refractivity contribution is 6.31. The molecule has 4 heterocycles. The molecule has 5 aromatic rings. The molecule has 1 aliphatic rings. The Bertz CT molecular complexity index is 2240. The fraction of sp³-hybridized carbons (Fsp3) is 0.212. The van der Waals surface area contributed by atoms with Crippen molar-refractivity contribution in [2.24, 2.45) is 5.92 Å². The summed E-state index contributed by atoms with van der Waals surface area (Å²) in [5, 5.41) is 27.2. The van der Waals surface area contributed by atoms with Crippen LogP contribution in [0.4, 0.5) is 23.2 Å². The van der Waals surface area contributed by atoms with E-state index in [0.717, 1.165) is 5.56 Å². The minimum Gasteiger partial charge on any atom is -0.475 e. The largest absolute Gasteiger partial charge is 0.490 e. The number of fused-ring (bicyclic) bond motifs is 4. The summed E-state index contributed by atoms with van der Waals surface area (Å²) >= 11 is 12.1. The van der Waals surface area contributed by atoms with Crippen LogP contribution in [-0.4, -0.2) is 52.7 Å². The van der Waals surface area contributed by atoms with Gasteiger partial charge in [-0.1, -0.05) is 47.8 Å². The van der Waals surface area contributed by atoms with E-state index in [2.05, 4.69) is 31.7 Å². The standard InChI is InChI=1S/C31H23Cl2FN8O2.C2HF3O2/c1-17-3-2-4-25(23-12-19(9-10-36-23)20-6-5-18(14-35)11-22(20)38-31(17)44)41-16-37-24(13-28(41)43)29-26(8-7-21(32)30(29)34)42-15-27(33)39-40-42;3-2(4,5)1(6)7/h5-13,15-17,25H,2-4H2,1H3,(H,38,44);(H,6,7)/t17-,25+;/m1./s1. The van der Waals surface area contributed by atoms with Crippen molar-refractivity contribution >= 4 is 40.8 Å². The van der Waals surface area contributed by atoms with Crippen molar-refractivity contribution in [2.75, 3.05) is 5.32 Å². The zero-order valence-electron chi connectivity index (χ0n) is 26.2. The molecule has 3 aromatic heterocycles. The van der Waals surface area contributed by atoms with Crippen LogP contribution in [0.2, 0.25) is 10.2 Å². The lowest BCUT2D eigenvalue weighted by molar-refractivity contribution is -0.192. The average molecular weight is 744 g/mol. The summed E-state index contributed by atoms with van der Waals surface area (Å²) in [6.45, 7) is 1.84. The van der Waals surface area contributed by atoms with E-state index in [0.29, 0.717) is 41.8 Å². The van der Waals surface area contributed by atoms with Crippen LogP contribution in [-0.2, 0) is 9.59 Å². The number of nitrogens with zero attached hydrogens (tertiary/aromatic N) is 7. The molecule has 6 rings (SSSR count). The van der Waals surface area contributed by atoms with Gasteiger partial charge in [0.2, 0.25) is 5.91 Å². The van der Waals surface area contributed by atoms with Crippen LogP contribution in [0.5, 0.6) is 0 Å². The predicted molar refractivity (Wildman–Crippen MR) is 177 cm³/mol. The highest BCUT2D eigenvalue weighted by Gasteiger charge is 2.38. The first kappa shape index (κ1) is 36.6. The number of nitrogens with one attached hydrogen (secondary N) is 1. The number of halogens is 6. The molecule has 0 saturated heterocycles. The number of anilines is 1. The van der Waals surface area contributed by atoms with E-state index in [-0.39, 0.29) is 38.9 Å². The van der Waals surface area contributed by atoms with Gasteiger partial charge in [0.1, 0.15) is 0 Å². The molecule has 2 atom stereocenters. The SMILES string of the molecule is C[C@@H]1CCC[C@H](n2cnc(-c3c(-n4cc(Cl)nn4)ccc(Cl)c3F)cc2=O)c2cc(ccn2)-c2ccc(C#N)cc2NC1=O.O=C(O)C(F)(F)F. The first-order valence-corrected chi connectivity index (χ1v) is 15.7. The van der Waals surface area contributed by atoms with Gasteiger partial charge in [0.05, 0.1) is 57.9 Å². The van der Waals surface area contributed by atoms with Gasteiger partial charge in [0.15, 0.2) is 11.0 Å². The molecule has 262 valence electrons. The Labute approximate surface area is 295 Å². The number of carboxylic acid groups (broad SMARTS) is 1. The minimum atomic E-state index is -5.08. The molecule has 2 aromatic carbocycles. The van der Waals surface area contributed by atoms with E-state index in [1.54, 1.807) is 30.5 Å². The maximum absolute atomic E-state index is 15.4. The van der Waals surface area contributed by atoms with Gasteiger partial charge < -0.3 is 10.4 Å². The molecular weight excluding hydrogens is 719 g/mol. The number of carboxylic acids is 1. The number of hydrogen-bond donors (Lipinski definition) is 2. The fourth-order valence-corrected chi connectivity index (χ4v) is 5.60. The van der Waals surface area contributed by atoms with E-state index in [1.165, 1.54) is 40.0 Å². The van der Waals surface area contributed by atoms with Crippen molar-refractivity contribution in [2.45, 2.75) is 38.4 Å². The molecular formula is C33H24Cl2F4N8O4. The molecule has 0 spiro atoms. The van der Waals surface area contributed by atoms with Crippen LogP contribution >= 0.6 is 23.2 Å². The van der Waals surface area contributed by atoms with Gasteiger partial charge in [-0.3, -0.25) is 19.1 Å². The lowest BCUT2D eigenvalue weighted by Gasteiger charge is -2.23. The predicted octanol–water partition coefficient (Wildman–Crippen LogP) is 6.85. The Morgan fingerprint density at radius 3 is 2.47 bits per heavy atom. The third-order valence-corrected chi connectivity index (χ3v) is 8.32. The fourth-order valence-electron chi connectivity index (χ4n) is 5.32. The number of rotatable bonds is 3. The maximum atomic E-state index is 15.4. The number of benzene rings is 2. The van der Waals surface area contributed by atoms with Crippen molar-refractivity contribution in [1.82, 2.24) is 29.5 Å². The number of carbonyl (C=O) groups excluding carboxylic acids is 1. The van der Waals surface area contributed by atoms with Crippen LogP contribution in [0.15, 0.2) is 72.0 Å². The molecule has 0 radical (unpaired) electrons. The van der Waals surface area contributed by atoms with Gasteiger partial charge in [-0.15, -0.1) is 5.10 Å². The number of hydrogen-bond acceptors (Lipinski definition) is 8. The van der Waals surface area contributed by atoms with Crippen molar-refractivity contribution < 1.29 is 32.3 Å². The van der Waals surface area contributed by atoms with Crippen LogP contribution < -0.4 is 10.9 Å². The van der Waals surface area contributed by atoms with E-state index in [9.17, 15) is 28.0 Å². The van der Waals surface area contributed by atoms with E-state index < -0.39 is 29.6 Å². The topological polar surface area (TPSA) is 169 Å². The van der Waals surface area contributed by atoms with Crippen molar-refractivity contribution in [3.63, 3.8) is 0 Å². The Kier molecular flexibility index (Phi) is 10.8. The third-order valence-electron chi connectivity index (χ3n) is 7.86. The quantitative estimate of drug-likeness (QED) is 0.188. The van der Waals surface area contributed by atoms with Gasteiger partial charge in [0.25, 0.3) is 5.56 Å². The molecule has 0 fully saturated rings. The number of aromatic nitrogens is 6. The molecule has 0 saturated carbocycles. The lowest BCUT2D eigenvalue weighted by atomic mass is 9.95. The molecule has 1 aliphatic heterocycles. The van der Waals surface area contributed by atoms with Crippen molar-refractivity contribution in [3.05, 3.63) is 105 Å². The Morgan fingerprint density at radius 1 is 1.08 bits per heavy atom. The average Bonchev–Trinajstić information content (AvgIpc) is 3.53. The summed E-state index contributed by atoms with van der Waals surface area (Å²) in [6, 6.07) is 14.5. The Hall–Kier alpha value is -5.66. The maximum Gasteiger partial charge on any atom is 0.490 e. The highest BCUT2D eigenvalue weighted by atomic mass is 35.5. The number of nitriles is 1. The Morgan fingerprint density at radius 2 is 1.82 bits per heavy atom. The monoisotopic (exact) mass is 742 g/mol. The summed E-state index contributed by atoms with van der Waals surface area (Å²) in [5.74, 6) is -4.02. The van der Waals surface area contributed by atoms with Crippen molar-refractivity contribution in [1.29, 1.82) is 5.26 Å². The molecule has 0 unspecified atom stereocenters. The molecule has 12 nitrogen and oxygen atoms in total. The molecule has 2 N–H and O–H groups in total. The minimum absolute atomic E-state index is 0.0321. The smallest absolute Gasteiger partial charge is 0.475 e. The zero-order chi connectivity index (χ0) is 37.0. The molecule has 18 heteroatoms. The summed E-state index contributed by atoms with van der Waals surface area (Å²) in [6.07, 6.45) is 0.962. The third kappa shape index (κ3) is 8.22. The zero-order valence-corrected chi connectivity index (χ0v) is 27.7. The highest BCUT2D eigenvalue weighted by Crippen LogP contribution is 2.35. The van der Waals surface area contributed by atoms with Gasteiger partial charge in [-0.05, 0) is 54.8 Å². The van der Waals surface area contributed by atoms with Crippen LogP contribution in [0.1, 0.15) is 43.5 Å². The first-order chi connectivity index (χ1) is 24.2. The number of carbonyl (C=O) groups is 2. The van der Waals surface area contributed by atoms with Gasteiger partial charge >= 0.3 is 12.1 Å². The number of alkyl halides is 3. The second-order valence-corrected chi connectivity index (χ2v) is 12.0. The second-order valence-electron chi connectivity index (χ2n) is 11.2. The number of amides is 1. The van der Waals surface area contributed by atoms with Crippen LogP contribution in [0.25, 0.3) is 28.1 Å². The summed E-state index contributed by atoms with van der Waals surface area (Å²) < 4.78 is 49.9. The van der Waals surface area contributed by atoms with Gasteiger partial charge in [0, 0.05) is 29.4 Å². The Balaban J connectivity index is 0.000000654. The van der Waals surface area contributed by atoms with Crippen LogP contribution in [0, 0.1) is 23.1 Å². The molecule has 1 amide bonds. The molecule has 0 aliphatic carbocycles. The second kappa shape index (κ2) is 15.1. The number of aliphatic carboxylic acids is 1. The first-order valence-electron chi connectivity index (χ1n) is 14.9. The summed E-state index contributed by atoms with van der Waals surface area (Å²) in [7, 11) is 0.